The van der Waals surface area contributed by atoms with Gasteiger partial charge in [0.1, 0.15) is 0 Å². The van der Waals surface area contributed by atoms with Crippen LogP contribution in [0.3, 0.4) is 0 Å². The second-order valence-electron chi connectivity index (χ2n) is 6.63. The Morgan fingerprint density at radius 3 is 2.54 bits per heavy atom. The van der Waals surface area contributed by atoms with Gasteiger partial charge in [-0.2, -0.15) is 0 Å². The number of hydrogen-bond donors (Lipinski definition) is 2. The standard InChI is InChI=1S/C18H28N4O3S/c1-4-5-12-21-14(2)13-22(18(21)19)26(24,25)17-8-6-16(7-9-17)10-11-20-15(3)23/h6-9,14,19H,4-5,10-13H2,1-3H3,(H,20,23). The Hall–Kier alpha value is -2.09. The molecule has 0 aromatic heterocycles. The molecule has 8 heteroatoms. The van der Waals surface area contributed by atoms with E-state index in [1.54, 1.807) is 24.3 Å². The maximum absolute atomic E-state index is 12.9. The van der Waals surface area contributed by atoms with Gasteiger partial charge in [-0.3, -0.25) is 10.2 Å². The van der Waals surface area contributed by atoms with E-state index in [9.17, 15) is 13.2 Å². The first-order chi connectivity index (χ1) is 12.3. The Bertz CT molecular complexity index is 746. The van der Waals surface area contributed by atoms with Crippen molar-refractivity contribution in [2.45, 2.75) is 51.0 Å². The predicted molar refractivity (Wildman–Crippen MR) is 102 cm³/mol. The number of guanidine groups is 1. The first-order valence-corrected chi connectivity index (χ1v) is 10.4. The summed E-state index contributed by atoms with van der Waals surface area (Å²) >= 11 is 0. The molecule has 1 aliphatic heterocycles. The lowest BCUT2D eigenvalue weighted by Crippen LogP contribution is -2.38. The van der Waals surface area contributed by atoms with E-state index in [-0.39, 0.29) is 22.8 Å². The van der Waals surface area contributed by atoms with Crippen LogP contribution in [0, 0.1) is 5.41 Å². The molecule has 26 heavy (non-hydrogen) atoms. The van der Waals surface area contributed by atoms with Crippen LogP contribution in [0.2, 0.25) is 0 Å². The van der Waals surface area contributed by atoms with E-state index >= 15 is 0 Å². The molecule has 1 aromatic rings. The third-order valence-electron chi connectivity index (χ3n) is 4.52. The highest BCUT2D eigenvalue weighted by Gasteiger charge is 2.38. The highest BCUT2D eigenvalue weighted by Crippen LogP contribution is 2.24. The smallest absolute Gasteiger partial charge is 0.266 e. The third-order valence-corrected chi connectivity index (χ3v) is 6.29. The summed E-state index contributed by atoms with van der Waals surface area (Å²) in [6, 6.07) is 6.66. The first-order valence-electron chi connectivity index (χ1n) is 8.98. The highest BCUT2D eigenvalue weighted by molar-refractivity contribution is 7.89. The minimum atomic E-state index is -3.73. The normalized spacial score (nSPS) is 17.7. The molecule has 1 aromatic carbocycles. The van der Waals surface area contributed by atoms with Gasteiger partial charge < -0.3 is 10.2 Å². The van der Waals surface area contributed by atoms with Crippen LogP contribution in [-0.4, -0.2) is 55.2 Å². The number of nitrogens with zero attached hydrogens (tertiary/aromatic N) is 2. The van der Waals surface area contributed by atoms with Gasteiger partial charge in [-0.05, 0) is 37.5 Å². The van der Waals surface area contributed by atoms with Crippen LogP contribution >= 0.6 is 0 Å². The minimum Gasteiger partial charge on any atom is -0.356 e. The van der Waals surface area contributed by atoms with E-state index in [1.165, 1.54) is 11.2 Å². The molecule has 1 saturated heterocycles. The molecule has 1 amide bonds. The molecule has 0 radical (unpaired) electrons. The molecule has 0 saturated carbocycles. The summed E-state index contributed by atoms with van der Waals surface area (Å²) in [6.45, 7) is 7.00. The first kappa shape index (κ1) is 20.2. The van der Waals surface area contributed by atoms with Gasteiger partial charge in [0.2, 0.25) is 11.9 Å². The van der Waals surface area contributed by atoms with Gasteiger partial charge in [0.05, 0.1) is 11.4 Å². The molecule has 2 N–H and O–H groups in total. The summed E-state index contributed by atoms with van der Waals surface area (Å²) in [7, 11) is -3.73. The van der Waals surface area contributed by atoms with Crippen molar-refractivity contribution in [3.63, 3.8) is 0 Å². The summed E-state index contributed by atoms with van der Waals surface area (Å²) in [5.41, 5.74) is 0.951. The number of carbonyl (C=O) groups is 1. The van der Waals surface area contributed by atoms with Crippen LogP contribution in [0.15, 0.2) is 29.2 Å². The molecule has 2 rings (SSSR count). The molecule has 1 atom stereocenters. The Morgan fingerprint density at radius 2 is 1.96 bits per heavy atom. The molecule has 144 valence electrons. The van der Waals surface area contributed by atoms with Crippen molar-refractivity contribution in [2.24, 2.45) is 0 Å². The second-order valence-corrected chi connectivity index (χ2v) is 8.49. The Balaban J connectivity index is 2.09. The largest absolute Gasteiger partial charge is 0.356 e. The summed E-state index contributed by atoms with van der Waals surface area (Å²) in [5.74, 6) is -0.0285. The van der Waals surface area contributed by atoms with E-state index in [4.69, 9.17) is 5.41 Å². The molecule has 1 fully saturated rings. The zero-order valence-electron chi connectivity index (χ0n) is 15.7. The molecule has 1 unspecified atom stereocenters. The highest BCUT2D eigenvalue weighted by atomic mass is 32.2. The van der Waals surface area contributed by atoms with E-state index in [2.05, 4.69) is 12.2 Å². The monoisotopic (exact) mass is 380 g/mol. The lowest BCUT2D eigenvalue weighted by molar-refractivity contribution is -0.118. The van der Waals surface area contributed by atoms with Crippen LogP contribution < -0.4 is 5.32 Å². The molecule has 0 spiro atoms. The van der Waals surface area contributed by atoms with Crippen molar-refractivity contribution in [3.05, 3.63) is 29.8 Å². The fraction of sp³-hybridized carbons (Fsp3) is 0.556. The Morgan fingerprint density at radius 1 is 1.31 bits per heavy atom. The molecule has 7 nitrogen and oxygen atoms in total. The minimum absolute atomic E-state index is 0.000698. The van der Waals surface area contributed by atoms with E-state index in [1.807, 2.05) is 11.8 Å². The van der Waals surface area contributed by atoms with Gasteiger partial charge in [-0.15, -0.1) is 0 Å². The molecular weight excluding hydrogens is 352 g/mol. The van der Waals surface area contributed by atoms with Crippen LogP contribution in [-0.2, 0) is 21.2 Å². The second kappa shape index (κ2) is 8.53. The quantitative estimate of drug-likeness (QED) is 0.719. The molecule has 1 aliphatic rings. The van der Waals surface area contributed by atoms with Crippen molar-refractivity contribution < 1.29 is 13.2 Å². The third kappa shape index (κ3) is 4.55. The van der Waals surface area contributed by atoms with Gasteiger partial charge in [-0.25, -0.2) is 12.7 Å². The topological polar surface area (TPSA) is 93.6 Å². The van der Waals surface area contributed by atoms with Gasteiger partial charge in [-0.1, -0.05) is 25.5 Å². The molecule has 0 aliphatic carbocycles. The van der Waals surface area contributed by atoms with Crippen LogP contribution in [0.5, 0.6) is 0 Å². The lowest BCUT2D eigenvalue weighted by atomic mass is 10.1. The van der Waals surface area contributed by atoms with Crippen molar-refractivity contribution in [1.29, 1.82) is 5.41 Å². The number of nitrogens with one attached hydrogen (secondary N) is 2. The van der Waals surface area contributed by atoms with Gasteiger partial charge in [0, 0.05) is 26.1 Å². The Labute approximate surface area is 155 Å². The number of hydrogen-bond acceptors (Lipinski definition) is 4. The number of amides is 1. The van der Waals surface area contributed by atoms with Crippen molar-refractivity contribution >= 4 is 21.9 Å². The number of rotatable bonds is 8. The zero-order valence-corrected chi connectivity index (χ0v) is 16.5. The average Bonchev–Trinajstić information content (AvgIpc) is 2.88. The number of benzene rings is 1. The molecular formula is C18H28N4O3S. The van der Waals surface area contributed by atoms with Crippen LogP contribution in [0.1, 0.15) is 39.2 Å². The molecule has 1 heterocycles. The van der Waals surface area contributed by atoms with Crippen molar-refractivity contribution in [1.82, 2.24) is 14.5 Å². The fourth-order valence-electron chi connectivity index (χ4n) is 2.98. The maximum atomic E-state index is 12.9. The van der Waals surface area contributed by atoms with Crippen molar-refractivity contribution in [2.75, 3.05) is 19.6 Å². The van der Waals surface area contributed by atoms with Crippen LogP contribution in [0.4, 0.5) is 0 Å². The van der Waals surface area contributed by atoms with E-state index < -0.39 is 10.0 Å². The summed E-state index contributed by atoms with van der Waals surface area (Å²) < 4.78 is 27.0. The summed E-state index contributed by atoms with van der Waals surface area (Å²) in [4.78, 5) is 12.9. The maximum Gasteiger partial charge on any atom is 0.266 e. The average molecular weight is 381 g/mol. The Kier molecular flexibility index (Phi) is 6.63. The zero-order chi connectivity index (χ0) is 19.3. The SMILES string of the molecule is CCCCN1C(=N)N(S(=O)(=O)c2ccc(CCNC(C)=O)cc2)CC1C. The number of unbranched alkanes of at least 4 members (excludes halogenated alkanes) is 1. The van der Waals surface area contributed by atoms with Gasteiger partial charge >= 0.3 is 0 Å². The van der Waals surface area contributed by atoms with E-state index in [0.717, 1.165) is 18.4 Å². The van der Waals surface area contributed by atoms with Gasteiger partial charge in [0.15, 0.2) is 0 Å². The van der Waals surface area contributed by atoms with Crippen molar-refractivity contribution in [3.8, 4) is 0 Å². The fourth-order valence-corrected chi connectivity index (χ4v) is 4.46. The number of carbonyl (C=O) groups excluding carboxylic acids is 1. The van der Waals surface area contributed by atoms with E-state index in [0.29, 0.717) is 26.1 Å². The van der Waals surface area contributed by atoms with Gasteiger partial charge in [0.25, 0.3) is 10.0 Å². The predicted octanol–water partition coefficient (Wildman–Crippen LogP) is 1.79. The summed E-state index contributed by atoms with van der Waals surface area (Å²) in [5, 5.41) is 11.0. The lowest BCUT2D eigenvalue weighted by Gasteiger charge is -2.23. The number of sulfonamides is 1. The van der Waals surface area contributed by atoms with Crippen LogP contribution in [0.25, 0.3) is 0 Å². The summed E-state index contributed by atoms with van der Waals surface area (Å²) in [6.07, 6.45) is 2.58. The molecule has 0 bridgehead atoms.